The van der Waals surface area contributed by atoms with Gasteiger partial charge < -0.3 is 15.7 Å². The molecule has 32 heavy (non-hydrogen) atoms. The fraction of sp³-hybridized carbons (Fsp3) is 0.423. The molecule has 1 amide bonds. The lowest BCUT2D eigenvalue weighted by Crippen LogP contribution is -2.52. The fourth-order valence-corrected chi connectivity index (χ4v) is 5.25. The number of fused-ring (bicyclic) bond motifs is 1. The molecule has 0 aromatic heterocycles. The van der Waals surface area contributed by atoms with Gasteiger partial charge in [-0.15, -0.1) is 0 Å². The number of amidine groups is 1. The van der Waals surface area contributed by atoms with Crippen molar-refractivity contribution >= 4 is 17.7 Å². The summed E-state index contributed by atoms with van der Waals surface area (Å²) < 4.78 is 0. The van der Waals surface area contributed by atoms with E-state index in [0.29, 0.717) is 24.9 Å². The summed E-state index contributed by atoms with van der Waals surface area (Å²) in [5.74, 6) is -0.954. The van der Waals surface area contributed by atoms with E-state index < -0.39 is 12.0 Å². The third-order valence-corrected chi connectivity index (χ3v) is 7.07. The highest BCUT2D eigenvalue weighted by Crippen LogP contribution is 2.35. The van der Waals surface area contributed by atoms with Crippen molar-refractivity contribution in [2.45, 2.75) is 57.5 Å². The van der Waals surface area contributed by atoms with E-state index in [9.17, 15) is 14.7 Å². The number of carbonyl (C=O) groups is 2. The Bertz CT molecular complexity index is 996. The van der Waals surface area contributed by atoms with E-state index in [1.807, 2.05) is 48.5 Å². The first kappa shape index (κ1) is 22.1. The molecule has 1 unspecified atom stereocenters. The van der Waals surface area contributed by atoms with Crippen LogP contribution in [0, 0.1) is 17.2 Å². The first-order chi connectivity index (χ1) is 15.4. The molecule has 6 heteroatoms. The molecule has 0 saturated heterocycles. The Balaban J connectivity index is 1.62. The van der Waals surface area contributed by atoms with Crippen molar-refractivity contribution in [3.05, 3.63) is 70.8 Å². The second kappa shape index (κ2) is 9.55. The Kier molecular flexibility index (Phi) is 6.58. The zero-order valence-electron chi connectivity index (χ0n) is 18.3. The van der Waals surface area contributed by atoms with Crippen LogP contribution in [0.3, 0.4) is 0 Å². The van der Waals surface area contributed by atoms with Gasteiger partial charge in [-0.2, -0.15) is 0 Å². The minimum Gasteiger partial charge on any atom is -0.480 e. The number of nitrogens with zero attached hydrogens (tertiary/aromatic N) is 1. The van der Waals surface area contributed by atoms with Gasteiger partial charge in [0.15, 0.2) is 0 Å². The molecule has 1 saturated carbocycles. The number of hydrogen-bond donors (Lipinski definition) is 3. The van der Waals surface area contributed by atoms with E-state index in [1.54, 1.807) is 4.90 Å². The van der Waals surface area contributed by atoms with E-state index in [0.717, 1.165) is 42.4 Å². The first-order valence-electron chi connectivity index (χ1n) is 11.5. The van der Waals surface area contributed by atoms with E-state index >= 15 is 0 Å². The number of benzene rings is 2. The molecule has 6 nitrogen and oxygen atoms in total. The van der Waals surface area contributed by atoms with Gasteiger partial charge in [0, 0.05) is 24.4 Å². The average molecular weight is 434 g/mol. The van der Waals surface area contributed by atoms with E-state index in [1.165, 1.54) is 6.42 Å². The summed E-state index contributed by atoms with van der Waals surface area (Å²) in [6.45, 7) is 0.346. The van der Waals surface area contributed by atoms with Crippen LogP contribution in [0.15, 0.2) is 48.5 Å². The summed E-state index contributed by atoms with van der Waals surface area (Å²) in [5.41, 5.74) is 9.30. The highest BCUT2D eigenvalue weighted by atomic mass is 16.4. The highest BCUT2D eigenvalue weighted by Gasteiger charge is 2.40. The maximum Gasteiger partial charge on any atom is 0.326 e. The van der Waals surface area contributed by atoms with Crippen LogP contribution in [0.4, 0.5) is 0 Å². The van der Waals surface area contributed by atoms with E-state index in [4.69, 9.17) is 11.1 Å². The topological polar surface area (TPSA) is 107 Å². The lowest BCUT2D eigenvalue weighted by molar-refractivity contribution is -0.154. The van der Waals surface area contributed by atoms with E-state index in [-0.39, 0.29) is 23.6 Å². The number of rotatable bonds is 6. The maximum absolute atomic E-state index is 13.9. The minimum absolute atomic E-state index is 0.0211. The molecule has 4 rings (SSSR count). The lowest BCUT2D eigenvalue weighted by atomic mass is 9.76. The van der Waals surface area contributed by atoms with E-state index in [2.05, 4.69) is 0 Å². The van der Waals surface area contributed by atoms with Gasteiger partial charge in [-0.3, -0.25) is 10.2 Å². The van der Waals surface area contributed by atoms with Gasteiger partial charge in [-0.05, 0) is 41.9 Å². The maximum atomic E-state index is 13.9. The van der Waals surface area contributed by atoms with Crippen molar-refractivity contribution in [1.82, 2.24) is 4.90 Å². The molecule has 2 atom stereocenters. The molecule has 0 radical (unpaired) electrons. The summed E-state index contributed by atoms with van der Waals surface area (Å²) in [4.78, 5) is 27.6. The molecule has 1 aliphatic heterocycles. The molecular formula is C26H31N3O3. The SMILES string of the molecule is N=C(N)c1ccc(C[C@H](C(=O)N2Cc3ccccc3CC2C(=O)O)C2CCCCC2)cc1. The summed E-state index contributed by atoms with van der Waals surface area (Å²) in [6.07, 6.45) is 6.35. The van der Waals surface area contributed by atoms with Crippen LogP contribution >= 0.6 is 0 Å². The number of carboxylic acid groups (broad SMARTS) is 1. The number of nitrogen functional groups attached to an aromatic ring is 1. The second-order valence-electron chi connectivity index (χ2n) is 9.11. The van der Waals surface area contributed by atoms with Crippen molar-refractivity contribution in [3.63, 3.8) is 0 Å². The van der Waals surface area contributed by atoms with Crippen molar-refractivity contribution in [2.75, 3.05) is 0 Å². The molecule has 168 valence electrons. The first-order valence-corrected chi connectivity index (χ1v) is 11.5. The van der Waals surface area contributed by atoms with Gasteiger partial charge in [-0.25, -0.2) is 4.79 Å². The number of amides is 1. The van der Waals surface area contributed by atoms with Gasteiger partial charge in [0.25, 0.3) is 0 Å². The Morgan fingerprint density at radius 2 is 1.69 bits per heavy atom. The normalized spacial score (nSPS) is 19.8. The zero-order valence-corrected chi connectivity index (χ0v) is 18.3. The van der Waals surface area contributed by atoms with Gasteiger partial charge in [0.1, 0.15) is 11.9 Å². The molecule has 2 aliphatic rings. The highest BCUT2D eigenvalue weighted by molar-refractivity contribution is 5.94. The standard InChI is InChI=1S/C26H31N3O3/c27-24(28)19-12-10-17(11-13-19)14-22(18-6-2-1-3-7-18)25(30)29-16-21-9-5-4-8-20(21)15-23(29)26(31)32/h4-5,8-13,18,22-23H,1-3,6-7,14-16H2,(H3,27,28)(H,31,32)/t22-,23?/m0/s1. The average Bonchev–Trinajstić information content (AvgIpc) is 2.82. The molecule has 1 heterocycles. The Hall–Kier alpha value is -3.15. The zero-order chi connectivity index (χ0) is 22.7. The Labute approximate surface area is 188 Å². The smallest absolute Gasteiger partial charge is 0.326 e. The molecule has 1 aliphatic carbocycles. The minimum atomic E-state index is -0.943. The molecule has 0 bridgehead atoms. The summed E-state index contributed by atoms with van der Waals surface area (Å²) in [5, 5.41) is 17.5. The van der Waals surface area contributed by atoms with Crippen LogP contribution in [-0.4, -0.2) is 33.8 Å². The van der Waals surface area contributed by atoms with Gasteiger partial charge in [0.2, 0.25) is 5.91 Å². The number of carbonyl (C=O) groups excluding carboxylic acids is 1. The number of hydrogen-bond acceptors (Lipinski definition) is 3. The Morgan fingerprint density at radius 3 is 2.31 bits per heavy atom. The van der Waals surface area contributed by atoms with Crippen LogP contribution in [0.1, 0.15) is 54.4 Å². The molecule has 4 N–H and O–H groups in total. The fourth-order valence-electron chi connectivity index (χ4n) is 5.25. The largest absolute Gasteiger partial charge is 0.480 e. The van der Waals surface area contributed by atoms with Gasteiger partial charge in [-0.1, -0.05) is 67.8 Å². The summed E-state index contributed by atoms with van der Waals surface area (Å²) in [6, 6.07) is 14.5. The number of nitrogens with two attached hydrogens (primary N) is 1. The summed E-state index contributed by atoms with van der Waals surface area (Å²) in [7, 11) is 0. The molecule has 0 spiro atoms. The van der Waals surface area contributed by atoms with Crippen LogP contribution in [0.5, 0.6) is 0 Å². The summed E-state index contributed by atoms with van der Waals surface area (Å²) >= 11 is 0. The van der Waals surface area contributed by atoms with Crippen LogP contribution in [0.25, 0.3) is 0 Å². The number of nitrogens with one attached hydrogen (secondary N) is 1. The monoisotopic (exact) mass is 433 g/mol. The van der Waals surface area contributed by atoms with Crippen molar-refractivity contribution < 1.29 is 14.7 Å². The molecule has 1 fully saturated rings. The quantitative estimate of drug-likeness (QED) is 0.476. The van der Waals surface area contributed by atoms with Gasteiger partial charge in [0.05, 0.1) is 0 Å². The lowest BCUT2D eigenvalue weighted by Gasteiger charge is -2.39. The van der Waals surface area contributed by atoms with Crippen LogP contribution in [-0.2, 0) is 29.0 Å². The van der Waals surface area contributed by atoms with Crippen LogP contribution < -0.4 is 5.73 Å². The van der Waals surface area contributed by atoms with Crippen molar-refractivity contribution in [1.29, 1.82) is 5.41 Å². The predicted octanol–water partition coefficient (Wildman–Crippen LogP) is 3.75. The molecule has 2 aromatic carbocycles. The molecular weight excluding hydrogens is 402 g/mol. The Morgan fingerprint density at radius 1 is 1.03 bits per heavy atom. The predicted molar refractivity (Wildman–Crippen MR) is 123 cm³/mol. The third-order valence-electron chi connectivity index (χ3n) is 7.07. The number of aliphatic carboxylic acids is 1. The third kappa shape index (κ3) is 4.69. The van der Waals surface area contributed by atoms with Gasteiger partial charge >= 0.3 is 5.97 Å². The van der Waals surface area contributed by atoms with Crippen molar-refractivity contribution in [2.24, 2.45) is 17.6 Å². The number of carboxylic acids is 1. The molecule has 2 aromatic rings. The van der Waals surface area contributed by atoms with Crippen molar-refractivity contribution in [3.8, 4) is 0 Å². The second-order valence-corrected chi connectivity index (χ2v) is 9.11. The van der Waals surface area contributed by atoms with Crippen LogP contribution in [0.2, 0.25) is 0 Å².